The summed E-state index contributed by atoms with van der Waals surface area (Å²) in [6.07, 6.45) is 2.42. The largest absolute Gasteiger partial charge is 0.476 e. The minimum Gasteiger partial charge on any atom is -0.476 e. The Hall–Kier alpha value is -4.41. The third-order valence-electron chi connectivity index (χ3n) is 5.89. The third kappa shape index (κ3) is 5.55. The van der Waals surface area contributed by atoms with Crippen molar-refractivity contribution in [2.45, 2.75) is 52.2 Å². The molecule has 0 bridgehead atoms. The van der Waals surface area contributed by atoms with Gasteiger partial charge in [-0.05, 0) is 64.3 Å². The molecule has 11 nitrogen and oxygen atoms in total. The molecular weight excluding hydrogens is 476 g/mol. The Morgan fingerprint density at radius 2 is 1.84 bits per heavy atom. The molecule has 37 heavy (non-hydrogen) atoms. The van der Waals surface area contributed by atoms with Crippen molar-refractivity contribution in [2.24, 2.45) is 0 Å². The van der Waals surface area contributed by atoms with E-state index in [0.717, 1.165) is 10.2 Å². The summed E-state index contributed by atoms with van der Waals surface area (Å²) in [4.78, 5) is 47.8. The molecule has 1 fully saturated rings. The van der Waals surface area contributed by atoms with Crippen LogP contribution in [0.5, 0.6) is 0 Å². The fraction of sp³-hybridized carbons (Fsp3) is 0.346. The summed E-state index contributed by atoms with van der Waals surface area (Å²) in [5, 5.41) is 12.6. The lowest BCUT2D eigenvalue weighted by molar-refractivity contribution is 0.0217. The van der Waals surface area contributed by atoms with E-state index in [1.54, 1.807) is 57.3 Å². The first kappa shape index (κ1) is 25.7. The van der Waals surface area contributed by atoms with Crippen molar-refractivity contribution in [3.05, 3.63) is 65.2 Å². The maximum atomic E-state index is 12.8. The van der Waals surface area contributed by atoms with Crippen LogP contribution in [0.1, 0.15) is 71.9 Å². The summed E-state index contributed by atoms with van der Waals surface area (Å²) >= 11 is 0. The van der Waals surface area contributed by atoms with Gasteiger partial charge in [0, 0.05) is 23.9 Å². The molecule has 1 aliphatic rings. The SMILES string of the molecule is Cc1ccc(NC(=O)c2ccc(-c3nc([C@@H]4CCCN4C(=O)OC(C)(C)C)n(N)c3C(=O)O)cc2)nc1. The quantitative estimate of drug-likeness (QED) is 0.439. The lowest BCUT2D eigenvalue weighted by Gasteiger charge is -2.28. The molecule has 4 N–H and O–H groups in total. The highest BCUT2D eigenvalue weighted by molar-refractivity contribution is 6.04. The molecule has 1 aromatic carbocycles. The van der Waals surface area contributed by atoms with Crippen molar-refractivity contribution in [3.8, 4) is 11.3 Å². The molecule has 1 saturated heterocycles. The van der Waals surface area contributed by atoms with E-state index in [2.05, 4.69) is 15.3 Å². The van der Waals surface area contributed by atoms with Gasteiger partial charge in [-0.3, -0.25) is 9.69 Å². The predicted octanol–water partition coefficient (Wildman–Crippen LogP) is 3.99. The first-order valence-electron chi connectivity index (χ1n) is 11.9. The zero-order valence-corrected chi connectivity index (χ0v) is 21.2. The molecule has 0 unspecified atom stereocenters. The van der Waals surface area contributed by atoms with Crippen molar-refractivity contribution in [1.82, 2.24) is 19.5 Å². The minimum atomic E-state index is -1.26. The van der Waals surface area contributed by atoms with Crippen LogP contribution in [-0.2, 0) is 4.74 Å². The van der Waals surface area contributed by atoms with Crippen LogP contribution in [0.25, 0.3) is 11.3 Å². The van der Waals surface area contributed by atoms with Crippen LogP contribution in [-0.4, -0.2) is 54.8 Å². The summed E-state index contributed by atoms with van der Waals surface area (Å²) in [6.45, 7) is 7.69. The molecule has 2 amide bonds. The van der Waals surface area contributed by atoms with Crippen LogP contribution >= 0.6 is 0 Å². The molecule has 0 aliphatic carbocycles. The number of aromatic nitrogens is 3. The lowest BCUT2D eigenvalue weighted by atomic mass is 10.1. The average Bonchev–Trinajstić information content (AvgIpc) is 3.44. The molecule has 2 aromatic heterocycles. The molecular formula is C26H30N6O5. The van der Waals surface area contributed by atoms with Gasteiger partial charge < -0.3 is 21.0 Å². The number of amides is 2. The Bertz CT molecular complexity index is 1330. The number of pyridine rings is 1. The second-order valence-electron chi connectivity index (χ2n) is 9.93. The van der Waals surface area contributed by atoms with Crippen molar-refractivity contribution in [3.63, 3.8) is 0 Å². The van der Waals surface area contributed by atoms with Gasteiger partial charge in [0.05, 0.1) is 6.04 Å². The summed E-state index contributed by atoms with van der Waals surface area (Å²) in [5.74, 6) is 5.27. The van der Waals surface area contributed by atoms with Crippen LogP contribution in [0.2, 0.25) is 0 Å². The minimum absolute atomic E-state index is 0.146. The van der Waals surface area contributed by atoms with Crippen molar-refractivity contribution in [2.75, 3.05) is 17.7 Å². The highest BCUT2D eigenvalue weighted by atomic mass is 16.6. The van der Waals surface area contributed by atoms with Gasteiger partial charge >= 0.3 is 12.1 Å². The van der Waals surface area contributed by atoms with Gasteiger partial charge in [0.1, 0.15) is 17.1 Å². The second kappa shape index (κ2) is 9.92. The summed E-state index contributed by atoms with van der Waals surface area (Å²) in [5.41, 5.74) is 1.06. The van der Waals surface area contributed by atoms with Gasteiger partial charge in [0.15, 0.2) is 11.5 Å². The number of imidazole rings is 1. The molecule has 0 radical (unpaired) electrons. The number of hydrogen-bond acceptors (Lipinski definition) is 7. The molecule has 194 valence electrons. The molecule has 3 heterocycles. The first-order valence-corrected chi connectivity index (χ1v) is 11.9. The highest BCUT2D eigenvalue weighted by Gasteiger charge is 2.37. The van der Waals surface area contributed by atoms with E-state index in [4.69, 9.17) is 10.6 Å². The molecule has 1 aliphatic heterocycles. The summed E-state index contributed by atoms with van der Waals surface area (Å²) in [7, 11) is 0. The number of nitrogens with two attached hydrogens (primary N) is 1. The number of anilines is 1. The molecule has 0 spiro atoms. The van der Waals surface area contributed by atoms with Crippen molar-refractivity contribution >= 4 is 23.8 Å². The van der Waals surface area contributed by atoms with Gasteiger partial charge in [-0.1, -0.05) is 18.2 Å². The normalized spacial score (nSPS) is 15.5. The Balaban J connectivity index is 1.61. The predicted molar refractivity (Wildman–Crippen MR) is 137 cm³/mol. The number of carbonyl (C=O) groups is 3. The van der Waals surface area contributed by atoms with Gasteiger partial charge in [-0.25, -0.2) is 24.2 Å². The van der Waals surface area contributed by atoms with E-state index in [9.17, 15) is 19.5 Å². The second-order valence-corrected chi connectivity index (χ2v) is 9.93. The smallest absolute Gasteiger partial charge is 0.410 e. The molecule has 1 atom stereocenters. The summed E-state index contributed by atoms with van der Waals surface area (Å²) in [6, 6.07) is 9.38. The number of aromatic carboxylic acids is 1. The van der Waals surface area contributed by atoms with Gasteiger partial charge in [0.25, 0.3) is 5.91 Å². The summed E-state index contributed by atoms with van der Waals surface area (Å²) < 4.78 is 6.54. The van der Waals surface area contributed by atoms with Crippen LogP contribution < -0.4 is 11.2 Å². The number of nitrogens with zero attached hydrogens (tertiary/aromatic N) is 4. The number of likely N-dealkylation sites (tertiary alicyclic amines) is 1. The number of aryl methyl sites for hydroxylation is 1. The number of rotatable bonds is 5. The van der Waals surface area contributed by atoms with E-state index in [1.807, 2.05) is 13.0 Å². The fourth-order valence-corrected chi connectivity index (χ4v) is 4.17. The molecule has 4 rings (SSSR count). The number of nitrogens with one attached hydrogen (secondary N) is 1. The van der Waals surface area contributed by atoms with Crippen molar-refractivity contribution in [1.29, 1.82) is 0 Å². The van der Waals surface area contributed by atoms with E-state index >= 15 is 0 Å². The number of carboxylic acids is 1. The molecule has 3 aromatic rings. The van der Waals surface area contributed by atoms with Crippen molar-refractivity contribution < 1.29 is 24.2 Å². The molecule has 11 heteroatoms. The standard InChI is InChI=1S/C26H30N6O5/c1-15-7-12-19(28-14-15)29-23(33)17-10-8-16(9-11-17)20-21(24(34)35)32(27)22(30-20)18-6-5-13-31(18)25(36)37-26(2,3)4/h7-12,14,18H,5-6,13,27H2,1-4H3,(H,34,35)(H,28,29,33)/t18-/m0/s1. The topological polar surface area (TPSA) is 153 Å². The van der Waals surface area contributed by atoms with Gasteiger partial charge in [-0.15, -0.1) is 0 Å². The number of carbonyl (C=O) groups excluding carboxylic acids is 2. The van der Waals surface area contributed by atoms with Gasteiger partial charge in [0.2, 0.25) is 0 Å². The highest BCUT2D eigenvalue weighted by Crippen LogP contribution is 2.35. The van der Waals surface area contributed by atoms with E-state index in [1.165, 1.54) is 4.90 Å². The van der Waals surface area contributed by atoms with Crippen LogP contribution in [0, 0.1) is 6.92 Å². The van der Waals surface area contributed by atoms with Crippen LogP contribution in [0.15, 0.2) is 42.6 Å². The Morgan fingerprint density at radius 1 is 1.14 bits per heavy atom. The maximum absolute atomic E-state index is 12.8. The Kier molecular flexibility index (Phi) is 6.88. The van der Waals surface area contributed by atoms with Crippen LogP contribution in [0.4, 0.5) is 10.6 Å². The van der Waals surface area contributed by atoms with Gasteiger partial charge in [-0.2, -0.15) is 0 Å². The Morgan fingerprint density at radius 3 is 2.43 bits per heavy atom. The molecule has 0 saturated carbocycles. The number of nitrogen functional groups attached to an aromatic ring is 1. The number of hydrogen-bond donors (Lipinski definition) is 3. The number of ether oxygens (including phenoxy) is 1. The monoisotopic (exact) mass is 506 g/mol. The third-order valence-corrected chi connectivity index (χ3v) is 5.89. The van der Waals surface area contributed by atoms with E-state index in [-0.39, 0.29) is 23.1 Å². The number of benzene rings is 1. The average molecular weight is 507 g/mol. The Labute approximate surface area is 214 Å². The first-order chi connectivity index (χ1) is 17.4. The lowest BCUT2D eigenvalue weighted by Crippen LogP contribution is -2.37. The fourth-order valence-electron chi connectivity index (χ4n) is 4.17. The zero-order chi connectivity index (χ0) is 26.9. The maximum Gasteiger partial charge on any atom is 0.410 e. The van der Waals surface area contributed by atoms with E-state index in [0.29, 0.717) is 36.3 Å². The van der Waals surface area contributed by atoms with Crippen LogP contribution in [0.3, 0.4) is 0 Å². The number of carboxylic acid groups (broad SMARTS) is 1. The van der Waals surface area contributed by atoms with E-state index < -0.39 is 23.7 Å². The zero-order valence-electron chi connectivity index (χ0n) is 21.2.